The molecule has 0 aliphatic rings. The van der Waals surface area contributed by atoms with Gasteiger partial charge < -0.3 is 25.2 Å². The molecule has 0 aromatic carbocycles. The molecule has 0 bridgehead atoms. The van der Waals surface area contributed by atoms with E-state index in [0.29, 0.717) is 0 Å². The van der Waals surface area contributed by atoms with E-state index >= 15 is 0 Å². The Labute approximate surface area is 151 Å². The van der Waals surface area contributed by atoms with E-state index in [2.05, 4.69) is 4.74 Å². The van der Waals surface area contributed by atoms with Gasteiger partial charge in [-0.15, -0.1) is 0 Å². The van der Waals surface area contributed by atoms with Crippen LogP contribution in [-0.2, 0) is 23.9 Å². The zero-order valence-corrected chi connectivity index (χ0v) is 8.40. The van der Waals surface area contributed by atoms with Crippen LogP contribution in [0.15, 0.2) is 0 Å². The zero-order chi connectivity index (χ0) is 13.6. The van der Waals surface area contributed by atoms with Crippen LogP contribution < -0.4 is 0 Å². The van der Waals surface area contributed by atoms with E-state index in [1.54, 1.807) is 0 Å². The first-order valence-corrected chi connectivity index (χ1v) is 4.28. The maximum atomic E-state index is 10.6. The van der Waals surface area contributed by atoms with Crippen LogP contribution in [0.5, 0.6) is 0 Å². The SMILES string of the molecule is O=C(O)CC(OC(CC(=O)O)C(=O)O)C(=O)O.[NaH].[NaH]. The minimum atomic E-state index is -1.91. The Morgan fingerprint density at radius 2 is 1.00 bits per heavy atom. The van der Waals surface area contributed by atoms with Crippen LogP contribution in [-0.4, -0.2) is 116 Å². The molecule has 0 aliphatic carbocycles. The van der Waals surface area contributed by atoms with Crippen molar-refractivity contribution in [1.29, 1.82) is 0 Å². The summed E-state index contributed by atoms with van der Waals surface area (Å²) in [5.74, 6) is -6.36. The van der Waals surface area contributed by atoms with Crippen molar-refractivity contribution in [2.24, 2.45) is 0 Å². The van der Waals surface area contributed by atoms with Gasteiger partial charge in [-0.05, 0) is 0 Å². The average Bonchev–Trinajstić information content (AvgIpc) is 2.13. The van der Waals surface area contributed by atoms with Gasteiger partial charge in [0, 0.05) is 0 Å². The van der Waals surface area contributed by atoms with Gasteiger partial charge in [0.15, 0.2) is 12.2 Å². The van der Waals surface area contributed by atoms with Crippen LogP contribution >= 0.6 is 0 Å². The summed E-state index contributed by atoms with van der Waals surface area (Å²) in [7, 11) is 0. The van der Waals surface area contributed by atoms with Crippen LogP contribution in [0.2, 0.25) is 0 Å². The molecule has 0 saturated heterocycles. The second-order valence-corrected chi connectivity index (χ2v) is 2.99. The summed E-state index contributed by atoms with van der Waals surface area (Å²) in [6.07, 6.45) is -5.74. The number of hydrogen-bond acceptors (Lipinski definition) is 5. The molecular formula is C8H12Na2O9. The third-order valence-electron chi connectivity index (χ3n) is 1.60. The molecule has 2 unspecified atom stereocenters. The molecule has 9 nitrogen and oxygen atoms in total. The molecule has 0 radical (unpaired) electrons. The first-order chi connectivity index (χ1) is 7.73. The van der Waals surface area contributed by atoms with Crippen molar-refractivity contribution in [3.8, 4) is 0 Å². The number of aliphatic carboxylic acids is 4. The molecule has 0 heterocycles. The van der Waals surface area contributed by atoms with E-state index < -0.39 is 48.9 Å². The summed E-state index contributed by atoms with van der Waals surface area (Å²) in [5, 5.41) is 33.8. The molecule has 2 atom stereocenters. The molecule has 0 spiro atoms. The molecule has 100 valence electrons. The normalized spacial score (nSPS) is 12.2. The first kappa shape index (κ1) is 23.9. The Bertz CT molecular complexity index is 311. The first-order valence-electron chi connectivity index (χ1n) is 4.28. The summed E-state index contributed by atoms with van der Waals surface area (Å²) in [6, 6.07) is 0. The second kappa shape index (κ2) is 11.6. The van der Waals surface area contributed by atoms with Crippen LogP contribution in [0.1, 0.15) is 12.8 Å². The fourth-order valence-electron chi connectivity index (χ4n) is 0.903. The van der Waals surface area contributed by atoms with Gasteiger partial charge >= 0.3 is 83.0 Å². The van der Waals surface area contributed by atoms with Crippen LogP contribution in [0.25, 0.3) is 0 Å². The summed E-state index contributed by atoms with van der Waals surface area (Å²) in [6.45, 7) is 0. The molecule has 0 aromatic rings. The summed E-state index contributed by atoms with van der Waals surface area (Å²) in [4.78, 5) is 41.7. The predicted octanol–water partition coefficient (Wildman–Crippen LogP) is -2.44. The minimum absolute atomic E-state index is 0. The molecular weight excluding hydrogens is 286 g/mol. The van der Waals surface area contributed by atoms with E-state index in [0.717, 1.165) is 0 Å². The molecule has 4 N–H and O–H groups in total. The van der Waals surface area contributed by atoms with Gasteiger partial charge in [0.2, 0.25) is 0 Å². The molecule has 19 heavy (non-hydrogen) atoms. The molecule has 0 amide bonds. The molecule has 0 aromatic heterocycles. The van der Waals surface area contributed by atoms with E-state index in [1.807, 2.05) is 0 Å². The van der Waals surface area contributed by atoms with Crippen molar-refractivity contribution in [3.05, 3.63) is 0 Å². The van der Waals surface area contributed by atoms with Crippen molar-refractivity contribution in [2.75, 3.05) is 0 Å². The van der Waals surface area contributed by atoms with Gasteiger partial charge in [-0.2, -0.15) is 0 Å². The quantitative estimate of drug-likeness (QED) is 0.357. The van der Waals surface area contributed by atoms with Crippen molar-refractivity contribution >= 4 is 83.0 Å². The number of carboxylic acids is 4. The van der Waals surface area contributed by atoms with Crippen LogP contribution in [0.4, 0.5) is 0 Å². The van der Waals surface area contributed by atoms with Gasteiger partial charge in [-0.1, -0.05) is 0 Å². The topological polar surface area (TPSA) is 158 Å². The van der Waals surface area contributed by atoms with E-state index in [1.165, 1.54) is 0 Å². The maximum absolute atomic E-state index is 10.6. The number of carboxylic acid groups (broad SMARTS) is 4. The summed E-state index contributed by atoms with van der Waals surface area (Å²) < 4.78 is 4.43. The fraction of sp³-hybridized carbons (Fsp3) is 0.500. The number of rotatable bonds is 8. The van der Waals surface area contributed by atoms with Crippen LogP contribution in [0, 0.1) is 0 Å². The third-order valence-corrected chi connectivity index (χ3v) is 1.60. The van der Waals surface area contributed by atoms with Crippen molar-refractivity contribution < 1.29 is 44.3 Å². The number of hydrogen-bond donors (Lipinski definition) is 4. The standard InChI is InChI=1S/C8H10O9.2Na.2H/c9-5(10)1-3(7(13)14)17-4(8(15)16)2-6(11)12;;;;/h3-4H,1-2H2,(H,9,10)(H,11,12)(H,13,14)(H,15,16);;;;. The fourth-order valence-corrected chi connectivity index (χ4v) is 0.903. The average molecular weight is 298 g/mol. The van der Waals surface area contributed by atoms with E-state index in [-0.39, 0.29) is 59.1 Å². The van der Waals surface area contributed by atoms with Crippen molar-refractivity contribution in [1.82, 2.24) is 0 Å². The van der Waals surface area contributed by atoms with Gasteiger partial charge in [0.25, 0.3) is 0 Å². The van der Waals surface area contributed by atoms with Gasteiger partial charge in [0.1, 0.15) is 0 Å². The van der Waals surface area contributed by atoms with E-state index in [4.69, 9.17) is 20.4 Å². The van der Waals surface area contributed by atoms with Crippen LogP contribution in [0.3, 0.4) is 0 Å². The summed E-state index contributed by atoms with van der Waals surface area (Å²) >= 11 is 0. The number of carbonyl (C=O) groups is 4. The van der Waals surface area contributed by atoms with E-state index in [9.17, 15) is 19.2 Å². The second-order valence-electron chi connectivity index (χ2n) is 2.99. The van der Waals surface area contributed by atoms with Crippen molar-refractivity contribution in [3.63, 3.8) is 0 Å². The Kier molecular flexibility index (Phi) is 14.7. The summed E-state index contributed by atoms with van der Waals surface area (Å²) in [5.41, 5.74) is 0. The monoisotopic (exact) mass is 298 g/mol. The Morgan fingerprint density at radius 1 is 0.737 bits per heavy atom. The molecule has 0 saturated carbocycles. The zero-order valence-electron chi connectivity index (χ0n) is 8.40. The van der Waals surface area contributed by atoms with Gasteiger partial charge in [-0.3, -0.25) is 9.59 Å². The Balaban J connectivity index is -0.00000128. The number of ether oxygens (including phenoxy) is 1. The molecule has 0 aliphatic heterocycles. The molecule has 0 fully saturated rings. The Morgan fingerprint density at radius 3 is 1.16 bits per heavy atom. The Hall–Kier alpha value is -0.160. The van der Waals surface area contributed by atoms with Gasteiger partial charge in [-0.25, -0.2) is 9.59 Å². The third kappa shape index (κ3) is 11.4. The predicted molar refractivity (Wildman–Crippen MR) is 62.7 cm³/mol. The van der Waals surface area contributed by atoms with Gasteiger partial charge in [0.05, 0.1) is 12.8 Å². The molecule has 0 rings (SSSR count). The molecule has 11 heteroatoms. The van der Waals surface area contributed by atoms with Crippen molar-refractivity contribution in [2.45, 2.75) is 25.0 Å².